The highest BCUT2D eigenvalue weighted by atomic mass is 79.9. The Morgan fingerprint density at radius 2 is 2.12 bits per heavy atom. The summed E-state index contributed by atoms with van der Waals surface area (Å²) in [5.41, 5.74) is 0.949. The fraction of sp³-hybridized carbons (Fsp3) is 0.500. The molecular formula is C12H16BrFOS. The highest BCUT2D eigenvalue weighted by Crippen LogP contribution is 2.19. The van der Waals surface area contributed by atoms with Crippen LogP contribution in [0.2, 0.25) is 0 Å². The summed E-state index contributed by atoms with van der Waals surface area (Å²) in [6.07, 6.45) is 0.197. The molecule has 0 amide bonds. The largest absolute Gasteiger partial charge is 0.392 e. The Labute approximate surface area is 109 Å². The van der Waals surface area contributed by atoms with E-state index in [1.165, 1.54) is 6.07 Å². The molecule has 0 bridgehead atoms. The zero-order chi connectivity index (χ0) is 12.1. The predicted molar refractivity (Wildman–Crippen MR) is 71.4 cm³/mol. The first-order valence-corrected chi connectivity index (χ1v) is 7.07. The van der Waals surface area contributed by atoms with Crippen LogP contribution in [0, 0.1) is 5.82 Å². The number of thioether (sulfide) groups is 1. The van der Waals surface area contributed by atoms with Gasteiger partial charge in [0.2, 0.25) is 0 Å². The second kappa shape index (κ2) is 6.62. The molecule has 1 N–H and O–H groups in total. The first kappa shape index (κ1) is 14.0. The minimum atomic E-state index is -0.371. The van der Waals surface area contributed by atoms with Crippen molar-refractivity contribution < 1.29 is 9.50 Å². The van der Waals surface area contributed by atoms with Crippen molar-refractivity contribution >= 4 is 27.7 Å². The van der Waals surface area contributed by atoms with Gasteiger partial charge in [0.1, 0.15) is 5.82 Å². The molecule has 0 fully saturated rings. The molecule has 16 heavy (non-hydrogen) atoms. The Morgan fingerprint density at radius 3 is 2.69 bits per heavy atom. The van der Waals surface area contributed by atoms with Crippen molar-refractivity contribution in [3.63, 3.8) is 0 Å². The first-order chi connectivity index (χ1) is 7.49. The van der Waals surface area contributed by atoms with E-state index < -0.39 is 0 Å². The molecule has 0 aliphatic carbocycles. The fourth-order valence-electron chi connectivity index (χ4n) is 1.30. The Hall–Kier alpha value is -0.0600. The second-order valence-corrected chi connectivity index (χ2v) is 6.45. The van der Waals surface area contributed by atoms with Crippen molar-refractivity contribution in [1.29, 1.82) is 0 Å². The van der Waals surface area contributed by atoms with E-state index >= 15 is 0 Å². The summed E-state index contributed by atoms with van der Waals surface area (Å²) in [5, 5.41) is 10.3. The number of hydrogen-bond acceptors (Lipinski definition) is 2. The zero-order valence-electron chi connectivity index (χ0n) is 9.41. The van der Waals surface area contributed by atoms with Gasteiger partial charge >= 0.3 is 0 Å². The molecule has 0 radical (unpaired) electrons. The normalized spacial score (nSPS) is 13.1. The zero-order valence-corrected chi connectivity index (χ0v) is 11.8. The quantitative estimate of drug-likeness (QED) is 0.896. The molecule has 0 heterocycles. The number of rotatable bonds is 5. The van der Waals surface area contributed by atoms with Gasteiger partial charge in [0.05, 0.1) is 10.6 Å². The highest BCUT2D eigenvalue weighted by Gasteiger charge is 2.08. The highest BCUT2D eigenvalue weighted by molar-refractivity contribution is 9.10. The van der Waals surface area contributed by atoms with Gasteiger partial charge in [-0.15, -0.1) is 0 Å². The lowest BCUT2D eigenvalue weighted by molar-refractivity contribution is 0.200. The van der Waals surface area contributed by atoms with Crippen LogP contribution in [0.1, 0.15) is 19.4 Å². The Morgan fingerprint density at radius 1 is 1.44 bits per heavy atom. The van der Waals surface area contributed by atoms with Crippen molar-refractivity contribution in [3.05, 3.63) is 34.1 Å². The number of aliphatic hydroxyl groups is 1. The van der Waals surface area contributed by atoms with Gasteiger partial charge < -0.3 is 5.11 Å². The van der Waals surface area contributed by atoms with Crippen LogP contribution in [-0.4, -0.2) is 22.2 Å². The van der Waals surface area contributed by atoms with Crippen LogP contribution < -0.4 is 0 Å². The maximum atomic E-state index is 13.0. The van der Waals surface area contributed by atoms with E-state index in [0.29, 0.717) is 21.9 Å². The van der Waals surface area contributed by atoms with Crippen molar-refractivity contribution in [1.82, 2.24) is 0 Å². The molecule has 1 nitrogen and oxygen atoms in total. The van der Waals surface area contributed by atoms with Crippen molar-refractivity contribution in [2.45, 2.75) is 31.6 Å². The number of halogens is 2. The standard InChI is InChI=1S/C12H16BrFOS/c1-8(2)16-7-10(15)5-9-3-4-12(14)11(13)6-9/h3-4,6,8,10,15H,5,7H2,1-2H3. The van der Waals surface area contributed by atoms with Gasteiger partial charge in [0.25, 0.3) is 0 Å². The molecule has 0 aromatic heterocycles. The van der Waals surface area contributed by atoms with Crippen LogP contribution in [0.25, 0.3) is 0 Å². The van der Waals surface area contributed by atoms with Crippen LogP contribution in [0.3, 0.4) is 0 Å². The van der Waals surface area contributed by atoms with Gasteiger partial charge in [-0.25, -0.2) is 4.39 Å². The monoisotopic (exact) mass is 306 g/mol. The van der Waals surface area contributed by atoms with Crippen molar-refractivity contribution in [2.75, 3.05) is 5.75 Å². The smallest absolute Gasteiger partial charge is 0.137 e. The molecule has 1 aromatic rings. The van der Waals surface area contributed by atoms with E-state index in [-0.39, 0.29) is 11.9 Å². The van der Waals surface area contributed by atoms with Gasteiger partial charge in [0, 0.05) is 5.75 Å². The van der Waals surface area contributed by atoms with Crippen LogP contribution in [0.5, 0.6) is 0 Å². The molecule has 0 saturated carbocycles. The molecular weight excluding hydrogens is 291 g/mol. The molecule has 0 spiro atoms. The third kappa shape index (κ3) is 4.85. The molecule has 0 aliphatic rings. The summed E-state index contributed by atoms with van der Waals surface area (Å²) in [6.45, 7) is 4.21. The number of aliphatic hydroxyl groups excluding tert-OH is 1. The molecule has 4 heteroatoms. The van der Waals surface area contributed by atoms with Crippen LogP contribution >= 0.6 is 27.7 Å². The summed E-state index contributed by atoms with van der Waals surface area (Å²) in [6, 6.07) is 4.85. The van der Waals surface area contributed by atoms with Crippen LogP contribution in [0.15, 0.2) is 22.7 Å². The molecule has 1 unspecified atom stereocenters. The van der Waals surface area contributed by atoms with Gasteiger partial charge in [-0.2, -0.15) is 11.8 Å². The maximum Gasteiger partial charge on any atom is 0.137 e. The molecule has 1 aromatic carbocycles. The summed E-state index contributed by atoms with van der Waals surface area (Å²) >= 11 is 4.87. The lowest BCUT2D eigenvalue weighted by atomic mass is 10.1. The minimum Gasteiger partial charge on any atom is -0.392 e. The summed E-state index contributed by atoms with van der Waals surface area (Å²) < 4.78 is 13.4. The summed E-state index contributed by atoms with van der Waals surface area (Å²) in [5.74, 6) is 0.446. The SMILES string of the molecule is CC(C)SCC(O)Cc1ccc(F)c(Br)c1. The van der Waals surface area contributed by atoms with Crippen molar-refractivity contribution in [2.24, 2.45) is 0 Å². The molecule has 1 rings (SSSR count). The van der Waals surface area contributed by atoms with Crippen LogP contribution in [-0.2, 0) is 6.42 Å². The average Bonchev–Trinajstić information content (AvgIpc) is 2.21. The maximum absolute atomic E-state index is 13.0. The topological polar surface area (TPSA) is 20.2 Å². The van der Waals surface area contributed by atoms with Gasteiger partial charge in [-0.1, -0.05) is 19.9 Å². The van der Waals surface area contributed by atoms with Gasteiger partial charge in [-0.05, 0) is 45.3 Å². The van der Waals surface area contributed by atoms with E-state index in [1.54, 1.807) is 23.9 Å². The van der Waals surface area contributed by atoms with E-state index in [0.717, 1.165) is 5.56 Å². The molecule has 0 aliphatic heterocycles. The number of benzene rings is 1. The van der Waals surface area contributed by atoms with E-state index in [1.807, 2.05) is 0 Å². The number of hydrogen-bond donors (Lipinski definition) is 1. The van der Waals surface area contributed by atoms with Crippen molar-refractivity contribution in [3.8, 4) is 0 Å². The molecule has 90 valence electrons. The van der Waals surface area contributed by atoms with E-state index in [4.69, 9.17) is 0 Å². The van der Waals surface area contributed by atoms with Gasteiger partial charge in [-0.3, -0.25) is 0 Å². The van der Waals surface area contributed by atoms with Crippen LogP contribution in [0.4, 0.5) is 4.39 Å². The second-order valence-electron chi connectivity index (χ2n) is 3.99. The minimum absolute atomic E-state index is 0.269. The Kier molecular flexibility index (Phi) is 5.79. The van der Waals surface area contributed by atoms with Gasteiger partial charge in [0.15, 0.2) is 0 Å². The third-order valence-electron chi connectivity index (χ3n) is 2.08. The average molecular weight is 307 g/mol. The Balaban J connectivity index is 2.49. The fourth-order valence-corrected chi connectivity index (χ4v) is 2.45. The first-order valence-electron chi connectivity index (χ1n) is 5.22. The third-order valence-corrected chi connectivity index (χ3v) is 3.93. The molecule has 1 atom stereocenters. The van der Waals surface area contributed by atoms with E-state index in [2.05, 4.69) is 29.8 Å². The lowest BCUT2D eigenvalue weighted by Crippen LogP contribution is -2.14. The summed E-state index contributed by atoms with van der Waals surface area (Å²) in [4.78, 5) is 0. The lowest BCUT2D eigenvalue weighted by Gasteiger charge is -2.12. The predicted octanol–water partition coefficient (Wildman–Crippen LogP) is 3.63. The Bertz CT molecular complexity index is 344. The van der Waals surface area contributed by atoms with E-state index in [9.17, 15) is 9.50 Å². The molecule has 0 saturated heterocycles. The summed E-state index contributed by atoms with van der Waals surface area (Å²) in [7, 11) is 0.